The molecule has 8 nitrogen and oxygen atoms in total. The smallest absolute Gasteiger partial charge is 0.404 e. The molecule has 1 heterocycles. The van der Waals surface area contributed by atoms with Gasteiger partial charge in [-0.3, -0.25) is 14.8 Å². The van der Waals surface area contributed by atoms with E-state index >= 15 is 0 Å². The summed E-state index contributed by atoms with van der Waals surface area (Å²) in [5.41, 5.74) is 2.92. The number of carbonyl (C=O) groups excluding carboxylic acids is 2. The first-order valence-electron chi connectivity index (χ1n) is 9.76. The minimum atomic E-state index is -1.15. The van der Waals surface area contributed by atoms with E-state index in [0.717, 1.165) is 12.8 Å². The maximum Gasteiger partial charge on any atom is 0.404 e. The van der Waals surface area contributed by atoms with Crippen molar-refractivity contribution < 1.29 is 24.7 Å². The predicted molar refractivity (Wildman–Crippen MR) is 101 cm³/mol. The van der Waals surface area contributed by atoms with Crippen molar-refractivity contribution in [1.29, 1.82) is 0 Å². The molecule has 1 aliphatic heterocycles. The minimum absolute atomic E-state index is 0.0751. The second kappa shape index (κ2) is 9.05. The van der Waals surface area contributed by atoms with E-state index in [1.54, 1.807) is 5.48 Å². The zero-order valence-corrected chi connectivity index (χ0v) is 15.7. The Kier molecular flexibility index (Phi) is 6.51. The zero-order valence-electron chi connectivity index (χ0n) is 15.7. The summed E-state index contributed by atoms with van der Waals surface area (Å²) in [6, 6.07) is 9.86. The van der Waals surface area contributed by atoms with E-state index in [4.69, 9.17) is 10.3 Å². The van der Waals surface area contributed by atoms with Crippen molar-refractivity contribution in [2.24, 2.45) is 11.8 Å². The number of hydrogen-bond donors (Lipinski definition) is 4. The molecule has 0 aromatic heterocycles. The second-order valence-corrected chi connectivity index (χ2v) is 7.66. The van der Waals surface area contributed by atoms with E-state index in [1.807, 2.05) is 23.1 Å². The van der Waals surface area contributed by atoms with Crippen molar-refractivity contribution in [2.45, 2.75) is 44.1 Å². The number of carboxylic acid groups (broad SMARTS) is 1. The normalized spacial score (nSPS) is 25.8. The highest BCUT2D eigenvalue weighted by molar-refractivity contribution is 5.87. The number of benzene rings is 1. The molecule has 1 aromatic carbocycles. The van der Waals surface area contributed by atoms with Crippen LogP contribution in [0.4, 0.5) is 4.79 Å². The number of rotatable bonds is 4. The molecule has 3 amide bonds. The van der Waals surface area contributed by atoms with Crippen LogP contribution >= 0.6 is 0 Å². The number of amides is 3. The molecule has 3 rings (SSSR count). The third kappa shape index (κ3) is 4.62. The topological polar surface area (TPSA) is 119 Å². The molecule has 152 valence electrons. The fourth-order valence-electron chi connectivity index (χ4n) is 4.54. The zero-order chi connectivity index (χ0) is 20.1. The van der Waals surface area contributed by atoms with E-state index in [1.165, 1.54) is 5.56 Å². The predicted octanol–water partition coefficient (Wildman–Crippen LogP) is 1.95. The first kappa shape index (κ1) is 20.1. The van der Waals surface area contributed by atoms with Crippen molar-refractivity contribution in [2.75, 3.05) is 13.1 Å². The summed E-state index contributed by atoms with van der Waals surface area (Å²) in [7, 11) is 0. The van der Waals surface area contributed by atoms with Crippen LogP contribution in [-0.2, 0) is 9.59 Å². The van der Waals surface area contributed by atoms with Gasteiger partial charge in [-0.1, -0.05) is 30.3 Å². The Morgan fingerprint density at radius 3 is 2.25 bits per heavy atom. The van der Waals surface area contributed by atoms with Crippen LogP contribution in [0.15, 0.2) is 30.3 Å². The highest BCUT2D eigenvalue weighted by atomic mass is 16.5. The van der Waals surface area contributed by atoms with Crippen LogP contribution in [0.25, 0.3) is 0 Å². The van der Waals surface area contributed by atoms with Crippen molar-refractivity contribution in [3.05, 3.63) is 35.9 Å². The Balaban J connectivity index is 1.62. The van der Waals surface area contributed by atoms with Crippen LogP contribution in [0.1, 0.15) is 43.6 Å². The van der Waals surface area contributed by atoms with E-state index in [2.05, 4.69) is 17.4 Å². The van der Waals surface area contributed by atoms with Gasteiger partial charge in [-0.15, -0.1) is 0 Å². The SMILES string of the molecule is O=C(O)N[C@@H]1CC[C@H](C(=O)N2CCC(c3ccccc3)CC2)[C@@H](C(=O)NO)C1. The number of hydrogen-bond acceptors (Lipinski definition) is 4. The lowest BCUT2D eigenvalue weighted by Gasteiger charge is -2.39. The molecular formula is C20H27N3O5. The van der Waals surface area contributed by atoms with Crippen molar-refractivity contribution in [1.82, 2.24) is 15.7 Å². The van der Waals surface area contributed by atoms with Gasteiger partial charge in [0.2, 0.25) is 11.8 Å². The highest BCUT2D eigenvalue weighted by Crippen LogP contribution is 2.34. The van der Waals surface area contributed by atoms with Gasteiger partial charge in [0, 0.05) is 25.0 Å². The summed E-state index contributed by atoms with van der Waals surface area (Å²) in [4.78, 5) is 37.9. The number of nitrogens with zero attached hydrogens (tertiary/aromatic N) is 1. The lowest BCUT2D eigenvalue weighted by Crippen LogP contribution is -2.51. The molecule has 0 unspecified atom stereocenters. The molecule has 0 spiro atoms. The van der Waals surface area contributed by atoms with Crippen LogP contribution in [0.5, 0.6) is 0 Å². The Hall–Kier alpha value is -2.61. The summed E-state index contributed by atoms with van der Waals surface area (Å²) in [5, 5.41) is 20.4. The molecule has 2 aliphatic rings. The molecule has 0 bridgehead atoms. The molecule has 3 atom stereocenters. The Labute approximate surface area is 163 Å². The molecule has 1 aliphatic carbocycles. The van der Waals surface area contributed by atoms with E-state index in [0.29, 0.717) is 31.8 Å². The molecular weight excluding hydrogens is 362 g/mol. The molecule has 28 heavy (non-hydrogen) atoms. The fraction of sp³-hybridized carbons (Fsp3) is 0.550. The van der Waals surface area contributed by atoms with Gasteiger partial charge in [0.15, 0.2) is 0 Å². The average Bonchev–Trinajstić information content (AvgIpc) is 2.73. The molecule has 4 N–H and O–H groups in total. The summed E-state index contributed by atoms with van der Waals surface area (Å²) >= 11 is 0. The van der Waals surface area contributed by atoms with Crippen LogP contribution in [-0.4, -0.2) is 52.3 Å². The second-order valence-electron chi connectivity index (χ2n) is 7.66. The quantitative estimate of drug-likeness (QED) is 0.464. The number of piperidine rings is 1. The summed E-state index contributed by atoms with van der Waals surface area (Å²) in [6.07, 6.45) is 1.72. The van der Waals surface area contributed by atoms with Gasteiger partial charge >= 0.3 is 6.09 Å². The largest absolute Gasteiger partial charge is 0.465 e. The Morgan fingerprint density at radius 2 is 1.64 bits per heavy atom. The number of nitrogens with one attached hydrogen (secondary N) is 2. The van der Waals surface area contributed by atoms with Crippen molar-refractivity contribution in [3.8, 4) is 0 Å². The maximum atomic E-state index is 13.1. The van der Waals surface area contributed by atoms with Gasteiger partial charge < -0.3 is 15.3 Å². The lowest BCUT2D eigenvalue weighted by atomic mass is 9.75. The summed E-state index contributed by atoms with van der Waals surface area (Å²) < 4.78 is 0. The monoisotopic (exact) mass is 389 g/mol. The fourth-order valence-corrected chi connectivity index (χ4v) is 4.54. The highest BCUT2D eigenvalue weighted by Gasteiger charge is 2.41. The third-order valence-corrected chi connectivity index (χ3v) is 6.02. The standard InChI is InChI=1S/C20H27N3O5/c24-18(22-28)17-12-15(21-20(26)27)6-7-16(17)19(25)23-10-8-14(9-11-23)13-4-2-1-3-5-13/h1-5,14-17,21,28H,6-12H2,(H,22,24)(H,26,27)/t15-,16+,17+/m1/s1. The number of likely N-dealkylation sites (tertiary alicyclic amines) is 1. The van der Waals surface area contributed by atoms with Gasteiger partial charge in [-0.05, 0) is 43.6 Å². The molecule has 1 saturated carbocycles. The maximum absolute atomic E-state index is 13.1. The van der Waals surface area contributed by atoms with Gasteiger partial charge in [-0.25, -0.2) is 10.3 Å². The number of carbonyl (C=O) groups is 3. The molecule has 1 aromatic rings. The molecule has 0 radical (unpaired) electrons. The van der Waals surface area contributed by atoms with Crippen LogP contribution < -0.4 is 10.8 Å². The number of hydroxylamine groups is 1. The molecule has 1 saturated heterocycles. The van der Waals surface area contributed by atoms with Crippen molar-refractivity contribution in [3.63, 3.8) is 0 Å². The van der Waals surface area contributed by atoms with Crippen LogP contribution in [0.2, 0.25) is 0 Å². The third-order valence-electron chi connectivity index (χ3n) is 6.02. The van der Waals surface area contributed by atoms with Gasteiger partial charge in [0.05, 0.1) is 5.92 Å². The van der Waals surface area contributed by atoms with Crippen LogP contribution in [0, 0.1) is 11.8 Å². The Morgan fingerprint density at radius 1 is 0.964 bits per heavy atom. The Bertz CT molecular complexity index is 703. The lowest BCUT2D eigenvalue weighted by molar-refractivity contribution is -0.148. The van der Waals surface area contributed by atoms with Crippen molar-refractivity contribution >= 4 is 17.9 Å². The van der Waals surface area contributed by atoms with E-state index in [9.17, 15) is 14.4 Å². The van der Waals surface area contributed by atoms with Crippen LogP contribution in [0.3, 0.4) is 0 Å². The average molecular weight is 389 g/mol. The van der Waals surface area contributed by atoms with Gasteiger partial charge in [0.25, 0.3) is 0 Å². The van der Waals surface area contributed by atoms with Gasteiger partial charge in [-0.2, -0.15) is 0 Å². The first-order valence-corrected chi connectivity index (χ1v) is 9.76. The van der Waals surface area contributed by atoms with E-state index < -0.39 is 29.9 Å². The molecule has 8 heteroatoms. The minimum Gasteiger partial charge on any atom is -0.465 e. The van der Waals surface area contributed by atoms with E-state index in [-0.39, 0.29) is 12.3 Å². The summed E-state index contributed by atoms with van der Waals surface area (Å²) in [5.74, 6) is -1.55. The summed E-state index contributed by atoms with van der Waals surface area (Å²) in [6.45, 7) is 1.28. The van der Waals surface area contributed by atoms with Gasteiger partial charge in [0.1, 0.15) is 0 Å². The first-order chi connectivity index (χ1) is 13.5. The molecule has 2 fully saturated rings.